The van der Waals surface area contributed by atoms with E-state index in [1.54, 1.807) is 16.9 Å². The Kier molecular flexibility index (Phi) is 8.24. The van der Waals surface area contributed by atoms with Gasteiger partial charge in [-0.05, 0) is 72.9 Å². The molecular weight excluding hydrogens is 568 g/mol. The number of nitrogens with one attached hydrogen (secondary N) is 1. The van der Waals surface area contributed by atoms with Crippen LogP contribution in [0.5, 0.6) is 11.5 Å². The molecule has 1 unspecified atom stereocenters. The molecule has 0 aliphatic carbocycles. The van der Waals surface area contributed by atoms with Gasteiger partial charge in [-0.25, -0.2) is 19.5 Å². The van der Waals surface area contributed by atoms with E-state index >= 15 is 0 Å². The van der Waals surface area contributed by atoms with Crippen molar-refractivity contribution in [3.05, 3.63) is 107 Å². The fourth-order valence-electron chi connectivity index (χ4n) is 6.15. The van der Waals surface area contributed by atoms with Gasteiger partial charge in [0.2, 0.25) is 5.95 Å². The van der Waals surface area contributed by atoms with Gasteiger partial charge in [-0.3, -0.25) is 9.69 Å². The van der Waals surface area contributed by atoms with Crippen molar-refractivity contribution in [1.82, 2.24) is 34.4 Å². The molecule has 0 radical (unpaired) electrons. The van der Waals surface area contributed by atoms with E-state index in [9.17, 15) is 4.79 Å². The van der Waals surface area contributed by atoms with Gasteiger partial charge in [0, 0.05) is 56.9 Å². The highest BCUT2D eigenvalue weighted by molar-refractivity contribution is 5.94. The summed E-state index contributed by atoms with van der Waals surface area (Å²) in [6.07, 6.45) is 8.60. The van der Waals surface area contributed by atoms with Crippen molar-refractivity contribution in [2.75, 3.05) is 44.7 Å². The fourth-order valence-corrected chi connectivity index (χ4v) is 6.15. The van der Waals surface area contributed by atoms with Crippen LogP contribution in [0.4, 0.5) is 5.95 Å². The van der Waals surface area contributed by atoms with Gasteiger partial charge >= 0.3 is 0 Å². The monoisotopic (exact) mass is 604 g/mol. The van der Waals surface area contributed by atoms with Crippen molar-refractivity contribution in [3.63, 3.8) is 0 Å². The summed E-state index contributed by atoms with van der Waals surface area (Å²) >= 11 is 0. The summed E-state index contributed by atoms with van der Waals surface area (Å²) in [5.41, 5.74) is 5.38. The molecule has 0 spiro atoms. The number of aromatic nitrogens is 5. The Labute approximate surface area is 261 Å². The minimum absolute atomic E-state index is 0.111. The van der Waals surface area contributed by atoms with E-state index in [1.165, 1.54) is 5.56 Å². The van der Waals surface area contributed by atoms with E-state index in [2.05, 4.69) is 54.5 Å². The van der Waals surface area contributed by atoms with Gasteiger partial charge in [-0.1, -0.05) is 18.2 Å². The first-order valence-electron chi connectivity index (χ1n) is 15.5. The van der Waals surface area contributed by atoms with Crippen LogP contribution in [0.3, 0.4) is 0 Å². The molecule has 6 heterocycles. The number of carbonyl (C=O) groups is 1. The van der Waals surface area contributed by atoms with Crippen molar-refractivity contribution in [2.45, 2.75) is 32.4 Å². The van der Waals surface area contributed by atoms with Crippen LogP contribution in [-0.4, -0.2) is 79.7 Å². The summed E-state index contributed by atoms with van der Waals surface area (Å²) < 4.78 is 14.2. The van der Waals surface area contributed by atoms with E-state index in [-0.39, 0.29) is 11.9 Å². The number of rotatable bonds is 5. The topological polar surface area (TPSA) is 110 Å². The van der Waals surface area contributed by atoms with Crippen molar-refractivity contribution in [1.29, 1.82) is 0 Å². The largest absolute Gasteiger partial charge is 0.494 e. The molecule has 8 rings (SSSR count). The molecular formula is C34H36N8O3. The summed E-state index contributed by atoms with van der Waals surface area (Å²) in [6, 6.07) is 17.7. The molecule has 3 aliphatic heterocycles. The lowest BCUT2D eigenvalue weighted by molar-refractivity contribution is 0.0685. The highest BCUT2D eigenvalue weighted by atomic mass is 16.5. The molecule has 0 fully saturated rings. The van der Waals surface area contributed by atoms with Crippen LogP contribution in [-0.2, 0) is 13.0 Å². The fraction of sp³-hybridized carbons (Fsp3) is 0.324. The number of fused-ring (bicyclic) bond motifs is 9. The van der Waals surface area contributed by atoms with E-state index < -0.39 is 0 Å². The molecule has 0 saturated carbocycles. The summed E-state index contributed by atoms with van der Waals surface area (Å²) in [5.74, 6) is 2.15. The zero-order valence-corrected chi connectivity index (χ0v) is 25.3. The van der Waals surface area contributed by atoms with Gasteiger partial charge in [0.25, 0.3) is 5.91 Å². The van der Waals surface area contributed by atoms with Crippen molar-refractivity contribution >= 4 is 17.5 Å². The van der Waals surface area contributed by atoms with E-state index in [0.29, 0.717) is 43.5 Å². The highest BCUT2D eigenvalue weighted by Crippen LogP contribution is 2.38. The third kappa shape index (κ3) is 6.16. The van der Waals surface area contributed by atoms with Crippen molar-refractivity contribution in [2.24, 2.45) is 0 Å². The third-order valence-corrected chi connectivity index (χ3v) is 8.28. The maximum Gasteiger partial charge on any atom is 0.275 e. The maximum atomic E-state index is 14.1. The summed E-state index contributed by atoms with van der Waals surface area (Å²) in [4.78, 5) is 31.7. The second kappa shape index (κ2) is 12.9. The molecule has 45 heavy (non-hydrogen) atoms. The number of hydrogen-bond donors (Lipinski definition) is 1. The lowest BCUT2D eigenvalue weighted by atomic mass is 9.87. The first kappa shape index (κ1) is 28.7. The van der Waals surface area contributed by atoms with Gasteiger partial charge in [-0.15, -0.1) is 0 Å². The van der Waals surface area contributed by atoms with Gasteiger partial charge in [0.05, 0.1) is 18.8 Å². The van der Waals surface area contributed by atoms with Gasteiger partial charge in [-0.2, -0.15) is 5.10 Å². The molecule has 11 heteroatoms. The Bertz CT molecular complexity index is 1790. The van der Waals surface area contributed by atoms with E-state index in [0.717, 1.165) is 60.8 Å². The first-order valence-corrected chi connectivity index (χ1v) is 15.5. The van der Waals surface area contributed by atoms with E-state index in [4.69, 9.17) is 9.47 Å². The average molecular weight is 605 g/mol. The Morgan fingerprint density at radius 2 is 1.80 bits per heavy atom. The summed E-state index contributed by atoms with van der Waals surface area (Å²) in [7, 11) is 0. The van der Waals surface area contributed by atoms with Gasteiger partial charge in [0.1, 0.15) is 18.1 Å². The quantitative estimate of drug-likeness (QED) is 0.312. The number of amides is 1. The lowest BCUT2D eigenvalue weighted by Gasteiger charge is -2.38. The standard InChI is InChI=1S/C34H36N8O3/c1-2-35-34-37-20-24(21-38-34)23-40-13-5-16-44-27-7-3-6-26(19-27)32-29-10-9-28(45-17-15-40)18-25(29)11-14-41(32)33(43)30-22-36-31-8-4-12-39-42(30)31/h3-4,6-10,12,18-22,32H,2,5,11,13-17,23H2,1H3,(H,35,37,38). The predicted octanol–water partition coefficient (Wildman–Crippen LogP) is 4.40. The van der Waals surface area contributed by atoms with Crippen LogP contribution in [0.25, 0.3) is 5.65 Å². The highest BCUT2D eigenvalue weighted by Gasteiger charge is 2.34. The normalized spacial score (nSPS) is 17.1. The number of hydrogen-bond acceptors (Lipinski definition) is 9. The lowest BCUT2D eigenvalue weighted by Crippen LogP contribution is -2.41. The molecule has 1 N–H and O–H groups in total. The van der Waals surface area contributed by atoms with Gasteiger partial charge in [0.15, 0.2) is 11.3 Å². The first-order chi connectivity index (χ1) is 22.2. The zero-order chi connectivity index (χ0) is 30.6. The molecule has 230 valence electrons. The number of ether oxygens (including phenoxy) is 2. The number of imidazole rings is 1. The zero-order valence-electron chi connectivity index (χ0n) is 25.3. The molecule has 1 amide bonds. The van der Waals surface area contributed by atoms with Crippen LogP contribution in [0, 0.1) is 0 Å². The van der Waals surface area contributed by atoms with Crippen LogP contribution in [0.15, 0.2) is 79.4 Å². The SMILES string of the molecule is CCNc1ncc(CN2CCCOc3cccc(c3)C3c4ccc(cc4CCN3C(=O)c3cnc4cccnn34)OCC2)cn1. The molecule has 0 saturated heterocycles. The molecule has 2 aromatic carbocycles. The van der Waals surface area contributed by atoms with Gasteiger partial charge < -0.3 is 19.7 Å². The predicted molar refractivity (Wildman–Crippen MR) is 170 cm³/mol. The Balaban J connectivity index is 1.17. The van der Waals surface area contributed by atoms with Crippen molar-refractivity contribution < 1.29 is 14.3 Å². The molecule has 6 bridgehead atoms. The van der Waals surface area contributed by atoms with Crippen LogP contribution >= 0.6 is 0 Å². The molecule has 5 aromatic rings. The summed E-state index contributed by atoms with van der Waals surface area (Å²) in [5, 5.41) is 7.53. The Hall–Kier alpha value is -5.03. The van der Waals surface area contributed by atoms with E-state index in [1.807, 2.05) is 54.5 Å². The number of anilines is 1. The minimum atomic E-state index is -0.294. The molecule has 11 nitrogen and oxygen atoms in total. The van der Waals surface area contributed by atoms with Crippen LogP contribution in [0.1, 0.15) is 52.1 Å². The number of nitrogens with zero attached hydrogens (tertiary/aromatic N) is 7. The maximum absolute atomic E-state index is 14.1. The summed E-state index contributed by atoms with van der Waals surface area (Å²) in [6.45, 7) is 6.78. The number of carbonyl (C=O) groups excluding carboxylic acids is 1. The van der Waals surface area contributed by atoms with Crippen LogP contribution < -0.4 is 14.8 Å². The Morgan fingerprint density at radius 1 is 0.933 bits per heavy atom. The molecule has 3 aliphatic rings. The van der Waals surface area contributed by atoms with Crippen LogP contribution in [0.2, 0.25) is 0 Å². The Morgan fingerprint density at radius 3 is 2.69 bits per heavy atom. The van der Waals surface area contributed by atoms with Crippen molar-refractivity contribution in [3.8, 4) is 11.5 Å². The molecule has 1 atom stereocenters. The second-order valence-electron chi connectivity index (χ2n) is 11.3. The third-order valence-electron chi connectivity index (χ3n) is 8.28. The number of benzene rings is 2. The smallest absolute Gasteiger partial charge is 0.275 e. The minimum Gasteiger partial charge on any atom is -0.494 e. The average Bonchev–Trinajstić information content (AvgIpc) is 3.51. The molecule has 3 aromatic heterocycles. The second-order valence-corrected chi connectivity index (χ2v) is 11.3.